The van der Waals surface area contributed by atoms with Gasteiger partial charge in [0.2, 0.25) is 0 Å². The van der Waals surface area contributed by atoms with Crippen LogP contribution in [0.4, 0.5) is 0 Å². The summed E-state index contributed by atoms with van der Waals surface area (Å²) >= 11 is 0. The Bertz CT molecular complexity index is 339. The van der Waals surface area contributed by atoms with Crippen molar-refractivity contribution in [3.05, 3.63) is 54.6 Å². The molecule has 0 bridgehead atoms. The molecular formula is C13H16O2. The van der Waals surface area contributed by atoms with Gasteiger partial charge >= 0.3 is 0 Å². The fourth-order valence-electron chi connectivity index (χ4n) is 1.08. The molecule has 0 radical (unpaired) electrons. The van der Waals surface area contributed by atoms with E-state index >= 15 is 0 Å². The van der Waals surface area contributed by atoms with E-state index in [9.17, 15) is 10.2 Å². The molecule has 2 N–H and O–H groups in total. The molecule has 0 heterocycles. The molecule has 0 aliphatic carbocycles. The smallest absolute Gasteiger partial charge is 0.109 e. The van der Waals surface area contributed by atoms with Gasteiger partial charge < -0.3 is 10.2 Å². The van der Waals surface area contributed by atoms with Crippen LogP contribution in [0.1, 0.15) is 12.5 Å². The fourth-order valence-corrected chi connectivity index (χ4v) is 1.08. The van der Waals surface area contributed by atoms with E-state index in [4.69, 9.17) is 0 Å². The Hall–Kier alpha value is -1.38. The molecule has 15 heavy (non-hydrogen) atoms. The molecule has 2 nitrogen and oxygen atoms in total. The largest absolute Gasteiger partial charge is 0.386 e. The van der Waals surface area contributed by atoms with Crippen LogP contribution < -0.4 is 0 Å². The molecule has 0 fully saturated rings. The van der Waals surface area contributed by atoms with Crippen molar-refractivity contribution in [2.45, 2.75) is 18.6 Å². The first-order chi connectivity index (χ1) is 7.06. The number of hydrogen-bond donors (Lipinski definition) is 2. The fraction of sp³-hybridized carbons (Fsp3) is 0.231. The van der Waals surface area contributed by atoms with Gasteiger partial charge in [-0.2, -0.15) is 0 Å². The summed E-state index contributed by atoms with van der Waals surface area (Å²) in [5.74, 6) is 0. The molecule has 1 aromatic carbocycles. The van der Waals surface area contributed by atoms with Crippen molar-refractivity contribution in [3.8, 4) is 0 Å². The summed E-state index contributed by atoms with van der Waals surface area (Å²) in [5.41, 5.74) is -0.304. The van der Waals surface area contributed by atoms with Crippen molar-refractivity contribution in [1.29, 1.82) is 0 Å². The van der Waals surface area contributed by atoms with Gasteiger partial charge in [0.15, 0.2) is 0 Å². The van der Waals surface area contributed by atoms with Gasteiger partial charge in [0, 0.05) is 0 Å². The SMILES string of the molecule is C=C[C@@](C)(O)[C@H](O)/C=C/c1ccccc1. The Labute approximate surface area is 90.2 Å². The van der Waals surface area contributed by atoms with Crippen LogP contribution in [0.3, 0.4) is 0 Å². The number of hydrogen-bond acceptors (Lipinski definition) is 2. The van der Waals surface area contributed by atoms with Crippen molar-refractivity contribution in [3.63, 3.8) is 0 Å². The van der Waals surface area contributed by atoms with E-state index in [1.807, 2.05) is 30.3 Å². The molecular weight excluding hydrogens is 188 g/mol. The molecule has 1 aromatic rings. The standard InChI is InChI=1S/C13H16O2/c1-3-13(2,15)12(14)10-9-11-7-5-4-6-8-11/h3-10,12,14-15H,1H2,2H3/b10-9+/t12-,13-/m1/s1. The van der Waals surface area contributed by atoms with Crippen molar-refractivity contribution in [2.24, 2.45) is 0 Å². The third kappa shape index (κ3) is 3.35. The van der Waals surface area contributed by atoms with Crippen LogP contribution in [-0.2, 0) is 0 Å². The van der Waals surface area contributed by atoms with Gasteiger partial charge in [-0.15, -0.1) is 6.58 Å². The Morgan fingerprint density at radius 3 is 2.47 bits per heavy atom. The van der Waals surface area contributed by atoms with Crippen LogP contribution in [0, 0.1) is 0 Å². The van der Waals surface area contributed by atoms with E-state index in [1.54, 1.807) is 12.2 Å². The quantitative estimate of drug-likeness (QED) is 0.736. The van der Waals surface area contributed by atoms with E-state index in [0.717, 1.165) is 5.56 Å². The highest BCUT2D eigenvalue weighted by Crippen LogP contribution is 2.13. The molecule has 2 atom stereocenters. The highest BCUT2D eigenvalue weighted by molar-refractivity contribution is 5.49. The Balaban J connectivity index is 2.70. The van der Waals surface area contributed by atoms with E-state index in [-0.39, 0.29) is 0 Å². The monoisotopic (exact) mass is 204 g/mol. The van der Waals surface area contributed by atoms with Gasteiger partial charge in [-0.1, -0.05) is 48.6 Å². The van der Waals surface area contributed by atoms with Crippen molar-refractivity contribution in [1.82, 2.24) is 0 Å². The lowest BCUT2D eigenvalue weighted by Gasteiger charge is -2.22. The minimum Gasteiger partial charge on any atom is -0.386 e. The summed E-state index contributed by atoms with van der Waals surface area (Å²) < 4.78 is 0. The van der Waals surface area contributed by atoms with Gasteiger partial charge in [-0.25, -0.2) is 0 Å². The zero-order valence-electron chi connectivity index (χ0n) is 8.80. The second-order valence-corrected chi connectivity index (χ2v) is 3.64. The molecule has 0 unspecified atom stereocenters. The molecule has 0 saturated carbocycles. The lowest BCUT2D eigenvalue weighted by Crippen LogP contribution is -2.35. The highest BCUT2D eigenvalue weighted by atomic mass is 16.3. The summed E-state index contributed by atoms with van der Waals surface area (Å²) in [6, 6.07) is 9.60. The second-order valence-electron chi connectivity index (χ2n) is 3.64. The van der Waals surface area contributed by atoms with Crippen LogP contribution in [-0.4, -0.2) is 21.9 Å². The molecule has 80 valence electrons. The normalized spacial score (nSPS) is 17.3. The van der Waals surface area contributed by atoms with Crippen LogP contribution >= 0.6 is 0 Å². The van der Waals surface area contributed by atoms with Crippen molar-refractivity contribution in [2.75, 3.05) is 0 Å². The lowest BCUT2D eigenvalue weighted by atomic mass is 9.98. The molecule has 0 saturated heterocycles. The van der Waals surface area contributed by atoms with E-state index < -0.39 is 11.7 Å². The van der Waals surface area contributed by atoms with Crippen LogP contribution in [0.15, 0.2) is 49.1 Å². The van der Waals surface area contributed by atoms with Crippen molar-refractivity contribution < 1.29 is 10.2 Å². The third-order valence-electron chi connectivity index (χ3n) is 2.28. The zero-order chi connectivity index (χ0) is 11.3. The molecule has 1 rings (SSSR count). The van der Waals surface area contributed by atoms with Gasteiger partial charge in [0.1, 0.15) is 11.7 Å². The molecule has 0 aliphatic heterocycles. The third-order valence-corrected chi connectivity index (χ3v) is 2.28. The Kier molecular flexibility index (Phi) is 3.83. The summed E-state index contributed by atoms with van der Waals surface area (Å²) in [4.78, 5) is 0. The van der Waals surface area contributed by atoms with Crippen LogP contribution in [0.5, 0.6) is 0 Å². The number of rotatable bonds is 4. The highest BCUT2D eigenvalue weighted by Gasteiger charge is 2.23. The van der Waals surface area contributed by atoms with Crippen LogP contribution in [0.2, 0.25) is 0 Å². The molecule has 0 amide bonds. The second kappa shape index (κ2) is 4.91. The van der Waals surface area contributed by atoms with Gasteiger partial charge in [0.05, 0.1) is 0 Å². The van der Waals surface area contributed by atoms with E-state index in [0.29, 0.717) is 0 Å². The molecule has 0 spiro atoms. The number of benzene rings is 1. The predicted molar refractivity (Wildman–Crippen MR) is 62.3 cm³/mol. The van der Waals surface area contributed by atoms with Crippen molar-refractivity contribution >= 4 is 6.08 Å². The van der Waals surface area contributed by atoms with Gasteiger partial charge in [-0.05, 0) is 12.5 Å². The number of aliphatic hydroxyl groups is 2. The summed E-state index contributed by atoms with van der Waals surface area (Å²) in [6.45, 7) is 4.98. The maximum atomic E-state index is 9.65. The Morgan fingerprint density at radius 2 is 1.93 bits per heavy atom. The molecule has 0 aromatic heterocycles. The van der Waals surface area contributed by atoms with Crippen LogP contribution in [0.25, 0.3) is 6.08 Å². The average molecular weight is 204 g/mol. The maximum Gasteiger partial charge on any atom is 0.109 e. The first kappa shape index (κ1) is 11.7. The first-order valence-corrected chi connectivity index (χ1v) is 4.83. The van der Waals surface area contributed by atoms with E-state index in [1.165, 1.54) is 13.0 Å². The zero-order valence-corrected chi connectivity index (χ0v) is 8.80. The summed E-state index contributed by atoms with van der Waals surface area (Å²) in [7, 11) is 0. The predicted octanol–water partition coefficient (Wildman–Crippen LogP) is 2.00. The maximum absolute atomic E-state index is 9.65. The first-order valence-electron chi connectivity index (χ1n) is 4.83. The summed E-state index contributed by atoms with van der Waals surface area (Å²) in [6.07, 6.45) is 3.70. The average Bonchev–Trinajstić information content (AvgIpc) is 2.27. The Morgan fingerprint density at radius 1 is 1.33 bits per heavy atom. The number of aliphatic hydroxyl groups excluding tert-OH is 1. The lowest BCUT2D eigenvalue weighted by molar-refractivity contribution is 0.00131. The van der Waals surface area contributed by atoms with Gasteiger partial charge in [-0.3, -0.25) is 0 Å². The minimum absolute atomic E-state index is 0.949. The molecule has 0 aliphatic rings. The minimum atomic E-state index is -1.29. The van der Waals surface area contributed by atoms with Gasteiger partial charge in [0.25, 0.3) is 0 Å². The van der Waals surface area contributed by atoms with E-state index in [2.05, 4.69) is 6.58 Å². The topological polar surface area (TPSA) is 40.5 Å². The summed E-state index contributed by atoms with van der Waals surface area (Å²) in [5, 5.41) is 19.3. The molecule has 2 heteroatoms.